The zero-order valence-electron chi connectivity index (χ0n) is 14.4. The lowest BCUT2D eigenvalue weighted by Gasteiger charge is -2.12. The average Bonchev–Trinajstić information content (AvgIpc) is 2.90. The quantitative estimate of drug-likeness (QED) is 0.688. The first-order valence-corrected chi connectivity index (χ1v) is 9.61. The van der Waals surface area contributed by atoms with Crippen LogP contribution in [0.4, 0.5) is 4.79 Å². The van der Waals surface area contributed by atoms with E-state index in [0.717, 1.165) is 22.2 Å². The number of carbonyl (C=O) groups excluding carboxylic acids is 3. The van der Waals surface area contributed by atoms with Crippen LogP contribution in [0.3, 0.4) is 0 Å². The summed E-state index contributed by atoms with van der Waals surface area (Å²) in [6.07, 6.45) is 1.51. The van der Waals surface area contributed by atoms with E-state index >= 15 is 0 Å². The van der Waals surface area contributed by atoms with Gasteiger partial charge in [0, 0.05) is 15.6 Å². The van der Waals surface area contributed by atoms with Gasteiger partial charge < -0.3 is 10.5 Å². The van der Waals surface area contributed by atoms with Gasteiger partial charge in [-0.05, 0) is 53.7 Å². The van der Waals surface area contributed by atoms with Crippen LogP contribution in [-0.4, -0.2) is 28.6 Å². The van der Waals surface area contributed by atoms with Gasteiger partial charge in [-0.3, -0.25) is 19.3 Å². The van der Waals surface area contributed by atoms with Gasteiger partial charge in [-0.2, -0.15) is 0 Å². The summed E-state index contributed by atoms with van der Waals surface area (Å²) in [5, 5.41) is 0.605. The Morgan fingerprint density at radius 3 is 2.46 bits per heavy atom. The van der Waals surface area contributed by atoms with Gasteiger partial charge in [0.2, 0.25) is 0 Å². The second kappa shape index (κ2) is 8.68. The molecular weight excluding hydrogens is 423 g/mol. The van der Waals surface area contributed by atoms with Gasteiger partial charge in [0.1, 0.15) is 5.75 Å². The number of hydrogen-bond donors (Lipinski definition) is 1. The lowest BCUT2D eigenvalue weighted by atomic mass is 10.1. The third-order valence-electron chi connectivity index (χ3n) is 3.76. The third-order valence-corrected chi connectivity index (χ3v) is 5.15. The standard InChI is InChI=1S/C19H14Cl2N2O4S/c20-13-3-1-11(2-4-13)9-23-18(25)16(28-19(23)26)8-12-7-14(21)5-6-15(12)27-10-17(22)24/h1-8H,9-10H2,(H2,22,24)/b16-8-. The number of thioether (sulfide) groups is 1. The van der Waals surface area contributed by atoms with Crippen molar-refractivity contribution in [1.29, 1.82) is 0 Å². The van der Waals surface area contributed by atoms with Gasteiger partial charge in [0.25, 0.3) is 17.1 Å². The molecule has 1 saturated heterocycles. The first kappa shape index (κ1) is 20.3. The Hall–Kier alpha value is -2.48. The van der Waals surface area contributed by atoms with E-state index < -0.39 is 11.8 Å². The highest BCUT2D eigenvalue weighted by molar-refractivity contribution is 8.18. The number of rotatable bonds is 6. The molecule has 3 rings (SSSR count). The van der Waals surface area contributed by atoms with Crippen molar-refractivity contribution in [2.75, 3.05) is 6.61 Å². The van der Waals surface area contributed by atoms with Crippen molar-refractivity contribution < 1.29 is 19.1 Å². The van der Waals surface area contributed by atoms with Gasteiger partial charge in [-0.1, -0.05) is 35.3 Å². The molecule has 1 aliphatic heterocycles. The highest BCUT2D eigenvalue weighted by Crippen LogP contribution is 2.35. The Morgan fingerprint density at radius 1 is 1.11 bits per heavy atom. The monoisotopic (exact) mass is 436 g/mol. The Labute approximate surface area is 175 Å². The summed E-state index contributed by atoms with van der Waals surface area (Å²) in [6, 6.07) is 11.6. The van der Waals surface area contributed by atoms with Gasteiger partial charge in [-0.25, -0.2) is 0 Å². The van der Waals surface area contributed by atoms with Crippen molar-refractivity contribution in [1.82, 2.24) is 4.90 Å². The van der Waals surface area contributed by atoms with Crippen LogP contribution in [-0.2, 0) is 16.1 Å². The van der Waals surface area contributed by atoms with Gasteiger partial charge in [0.15, 0.2) is 6.61 Å². The number of nitrogens with two attached hydrogens (primary N) is 1. The number of carbonyl (C=O) groups is 3. The van der Waals surface area contributed by atoms with E-state index in [-0.39, 0.29) is 23.3 Å². The molecule has 0 saturated carbocycles. The molecular formula is C19H14Cl2N2O4S. The Morgan fingerprint density at radius 2 is 1.79 bits per heavy atom. The number of primary amides is 1. The summed E-state index contributed by atoms with van der Waals surface area (Å²) >= 11 is 12.7. The molecule has 2 N–H and O–H groups in total. The molecule has 0 bridgehead atoms. The number of benzene rings is 2. The number of nitrogens with zero attached hydrogens (tertiary/aromatic N) is 1. The minimum absolute atomic E-state index is 0.139. The zero-order chi connectivity index (χ0) is 20.3. The molecule has 0 aromatic heterocycles. The van der Waals surface area contributed by atoms with Crippen molar-refractivity contribution in [3.8, 4) is 5.75 Å². The molecule has 2 aromatic carbocycles. The molecule has 2 aromatic rings. The van der Waals surface area contributed by atoms with E-state index in [0.29, 0.717) is 21.4 Å². The van der Waals surface area contributed by atoms with Crippen LogP contribution in [0.5, 0.6) is 5.75 Å². The molecule has 0 aliphatic carbocycles. The highest BCUT2D eigenvalue weighted by Gasteiger charge is 2.35. The molecule has 0 radical (unpaired) electrons. The van der Waals surface area contributed by atoms with Crippen LogP contribution >= 0.6 is 35.0 Å². The maximum Gasteiger partial charge on any atom is 0.293 e. The second-order valence-electron chi connectivity index (χ2n) is 5.83. The van der Waals surface area contributed by atoms with E-state index in [4.69, 9.17) is 33.7 Å². The molecule has 3 amide bonds. The van der Waals surface area contributed by atoms with Crippen LogP contribution in [0.15, 0.2) is 47.4 Å². The largest absolute Gasteiger partial charge is 0.483 e. The van der Waals surface area contributed by atoms with Crippen LogP contribution in [0.1, 0.15) is 11.1 Å². The first-order valence-electron chi connectivity index (χ1n) is 8.04. The SMILES string of the molecule is NC(=O)COc1ccc(Cl)cc1/C=C1\SC(=O)N(Cc2ccc(Cl)cc2)C1=O. The summed E-state index contributed by atoms with van der Waals surface area (Å²) < 4.78 is 5.35. The predicted octanol–water partition coefficient (Wildman–Crippen LogP) is 4.09. The molecule has 1 heterocycles. The Balaban J connectivity index is 1.84. The third kappa shape index (κ3) is 4.86. The summed E-state index contributed by atoms with van der Waals surface area (Å²) in [6.45, 7) is -0.180. The van der Waals surface area contributed by atoms with E-state index in [1.54, 1.807) is 42.5 Å². The summed E-state index contributed by atoms with van der Waals surface area (Å²) in [5.41, 5.74) is 6.34. The fraction of sp³-hybridized carbons (Fsp3) is 0.105. The van der Waals surface area contributed by atoms with Gasteiger partial charge in [0.05, 0.1) is 11.4 Å². The summed E-state index contributed by atoms with van der Waals surface area (Å²) in [4.78, 5) is 37.3. The lowest BCUT2D eigenvalue weighted by molar-refractivity contribution is -0.123. The zero-order valence-corrected chi connectivity index (χ0v) is 16.7. The number of hydrogen-bond acceptors (Lipinski definition) is 5. The van der Waals surface area contributed by atoms with Crippen molar-refractivity contribution in [2.45, 2.75) is 6.54 Å². The Kier molecular flexibility index (Phi) is 6.28. The normalized spacial score (nSPS) is 15.4. The minimum atomic E-state index is -0.635. The van der Waals surface area contributed by atoms with E-state index in [1.165, 1.54) is 6.08 Å². The molecule has 6 nitrogen and oxygen atoms in total. The minimum Gasteiger partial charge on any atom is -0.483 e. The lowest BCUT2D eigenvalue weighted by Crippen LogP contribution is -2.27. The second-order valence-corrected chi connectivity index (χ2v) is 7.70. The topological polar surface area (TPSA) is 89.7 Å². The molecule has 9 heteroatoms. The fourth-order valence-electron chi connectivity index (χ4n) is 2.46. The maximum absolute atomic E-state index is 12.7. The average molecular weight is 437 g/mol. The Bertz CT molecular complexity index is 976. The molecule has 0 spiro atoms. The number of halogens is 2. The first-order chi connectivity index (χ1) is 13.3. The van der Waals surface area contributed by atoms with Gasteiger partial charge >= 0.3 is 0 Å². The molecule has 0 atom stereocenters. The number of ether oxygens (including phenoxy) is 1. The van der Waals surface area contributed by atoms with Crippen molar-refractivity contribution in [3.05, 3.63) is 68.5 Å². The molecule has 144 valence electrons. The number of imide groups is 1. The van der Waals surface area contributed by atoms with Gasteiger partial charge in [-0.15, -0.1) is 0 Å². The maximum atomic E-state index is 12.7. The highest BCUT2D eigenvalue weighted by atomic mass is 35.5. The van der Waals surface area contributed by atoms with Crippen LogP contribution in [0.2, 0.25) is 10.0 Å². The van der Waals surface area contributed by atoms with Crippen molar-refractivity contribution in [3.63, 3.8) is 0 Å². The smallest absolute Gasteiger partial charge is 0.293 e. The van der Waals surface area contributed by atoms with Crippen LogP contribution in [0.25, 0.3) is 6.08 Å². The van der Waals surface area contributed by atoms with Crippen LogP contribution in [0, 0.1) is 0 Å². The predicted molar refractivity (Wildman–Crippen MR) is 109 cm³/mol. The molecule has 1 fully saturated rings. The van der Waals surface area contributed by atoms with Crippen LogP contribution < -0.4 is 10.5 Å². The summed E-state index contributed by atoms with van der Waals surface area (Å²) in [7, 11) is 0. The number of amides is 3. The van der Waals surface area contributed by atoms with E-state index in [9.17, 15) is 14.4 Å². The summed E-state index contributed by atoms with van der Waals surface area (Å²) in [5.74, 6) is -0.734. The van der Waals surface area contributed by atoms with Crippen molar-refractivity contribution >= 4 is 58.1 Å². The van der Waals surface area contributed by atoms with E-state index in [2.05, 4.69) is 0 Å². The molecule has 1 aliphatic rings. The molecule has 0 unspecified atom stereocenters. The van der Waals surface area contributed by atoms with Crippen molar-refractivity contribution in [2.24, 2.45) is 5.73 Å². The fourth-order valence-corrected chi connectivity index (χ4v) is 3.60. The molecule has 28 heavy (non-hydrogen) atoms. The van der Waals surface area contributed by atoms with E-state index in [1.807, 2.05) is 0 Å².